The Kier molecular flexibility index (Phi) is 5.48. The molecule has 21 heavy (non-hydrogen) atoms. The highest BCUT2D eigenvalue weighted by atomic mass is 32.2. The minimum atomic E-state index is -3.97. The number of carboxylic acids is 1. The maximum absolute atomic E-state index is 12.2. The normalized spacial score (nSPS) is 14.6. The first-order chi connectivity index (χ1) is 9.54. The third kappa shape index (κ3) is 4.51. The van der Waals surface area contributed by atoms with E-state index < -0.39 is 44.1 Å². The lowest BCUT2D eigenvalue weighted by Crippen LogP contribution is -2.36. The SMILES string of the molecule is Cc1cc(O)c(C(=O)O)cc1S(=O)(=O)NC(C)CS(C)=O. The number of nitrogens with one attached hydrogen (secondary N) is 1. The molecule has 0 fully saturated rings. The molecule has 118 valence electrons. The van der Waals surface area contributed by atoms with Crippen LogP contribution in [0.3, 0.4) is 0 Å². The zero-order chi connectivity index (χ0) is 16.4. The summed E-state index contributed by atoms with van der Waals surface area (Å²) in [4.78, 5) is 10.7. The van der Waals surface area contributed by atoms with Crippen molar-refractivity contribution in [1.29, 1.82) is 0 Å². The molecular formula is C12H17NO6S2. The van der Waals surface area contributed by atoms with E-state index in [1.54, 1.807) is 6.92 Å². The second-order valence-electron chi connectivity index (χ2n) is 4.70. The van der Waals surface area contributed by atoms with Gasteiger partial charge >= 0.3 is 5.97 Å². The largest absolute Gasteiger partial charge is 0.507 e. The summed E-state index contributed by atoms with van der Waals surface area (Å²) in [5, 5.41) is 18.4. The van der Waals surface area contributed by atoms with Crippen LogP contribution >= 0.6 is 0 Å². The Morgan fingerprint density at radius 2 is 2.00 bits per heavy atom. The molecule has 3 N–H and O–H groups in total. The van der Waals surface area contributed by atoms with E-state index in [0.717, 1.165) is 12.1 Å². The Balaban J connectivity index is 3.22. The van der Waals surface area contributed by atoms with E-state index >= 15 is 0 Å². The molecule has 0 amide bonds. The van der Waals surface area contributed by atoms with Gasteiger partial charge in [0.1, 0.15) is 11.3 Å². The van der Waals surface area contributed by atoms with Crippen molar-refractivity contribution in [3.05, 3.63) is 23.3 Å². The number of rotatable bonds is 6. The van der Waals surface area contributed by atoms with E-state index in [4.69, 9.17) is 5.11 Å². The minimum Gasteiger partial charge on any atom is -0.507 e. The predicted octanol–water partition coefficient (Wildman–Crippen LogP) is 0.444. The van der Waals surface area contributed by atoms with Crippen LogP contribution in [0.5, 0.6) is 5.75 Å². The molecule has 0 aliphatic heterocycles. The van der Waals surface area contributed by atoms with Gasteiger partial charge in [-0.15, -0.1) is 0 Å². The molecule has 1 rings (SSSR count). The molecule has 0 spiro atoms. The van der Waals surface area contributed by atoms with E-state index in [1.807, 2.05) is 0 Å². The summed E-state index contributed by atoms with van der Waals surface area (Å²) in [5.74, 6) is -1.78. The molecule has 0 radical (unpaired) electrons. The van der Waals surface area contributed by atoms with Crippen molar-refractivity contribution >= 4 is 26.8 Å². The third-order valence-corrected chi connectivity index (χ3v) is 5.36. The summed E-state index contributed by atoms with van der Waals surface area (Å²) in [7, 11) is -5.14. The van der Waals surface area contributed by atoms with Crippen LogP contribution in [-0.4, -0.2) is 46.9 Å². The Hall–Kier alpha value is -1.45. The van der Waals surface area contributed by atoms with Gasteiger partial charge < -0.3 is 10.2 Å². The number of hydrogen-bond donors (Lipinski definition) is 3. The van der Waals surface area contributed by atoms with Gasteiger partial charge in [0.05, 0.1) is 4.90 Å². The van der Waals surface area contributed by atoms with E-state index in [1.165, 1.54) is 13.2 Å². The maximum atomic E-state index is 12.2. The van der Waals surface area contributed by atoms with Gasteiger partial charge in [0.25, 0.3) is 0 Å². The van der Waals surface area contributed by atoms with Gasteiger partial charge in [0, 0.05) is 28.9 Å². The molecule has 2 atom stereocenters. The van der Waals surface area contributed by atoms with E-state index in [-0.39, 0.29) is 16.2 Å². The van der Waals surface area contributed by atoms with Crippen molar-refractivity contribution < 1.29 is 27.6 Å². The van der Waals surface area contributed by atoms with Crippen molar-refractivity contribution in [2.24, 2.45) is 0 Å². The molecule has 1 aromatic carbocycles. The molecule has 0 aliphatic rings. The molecule has 7 nitrogen and oxygen atoms in total. The molecule has 0 bridgehead atoms. The number of aromatic carboxylic acids is 1. The van der Waals surface area contributed by atoms with Crippen LogP contribution in [0.25, 0.3) is 0 Å². The topological polar surface area (TPSA) is 121 Å². The highest BCUT2D eigenvalue weighted by Crippen LogP contribution is 2.25. The predicted molar refractivity (Wildman–Crippen MR) is 78.5 cm³/mol. The molecule has 0 aromatic heterocycles. The summed E-state index contributed by atoms with van der Waals surface area (Å²) in [5.41, 5.74) is -0.275. The fourth-order valence-corrected chi connectivity index (χ4v) is 4.24. The fourth-order valence-electron chi connectivity index (χ4n) is 1.85. The molecule has 1 aromatic rings. The smallest absolute Gasteiger partial charge is 0.339 e. The van der Waals surface area contributed by atoms with Gasteiger partial charge in [-0.25, -0.2) is 17.9 Å². The first kappa shape index (κ1) is 17.6. The molecule has 0 heterocycles. The first-order valence-electron chi connectivity index (χ1n) is 5.94. The van der Waals surface area contributed by atoms with Gasteiger partial charge in [0.2, 0.25) is 10.0 Å². The van der Waals surface area contributed by atoms with Crippen molar-refractivity contribution in [2.75, 3.05) is 12.0 Å². The molecule has 9 heteroatoms. The van der Waals surface area contributed by atoms with Crippen LogP contribution in [-0.2, 0) is 20.8 Å². The molecule has 0 aliphatic carbocycles. The van der Waals surface area contributed by atoms with Crippen LogP contribution < -0.4 is 4.72 Å². The average Bonchev–Trinajstić information content (AvgIpc) is 2.25. The lowest BCUT2D eigenvalue weighted by molar-refractivity contribution is 0.0693. The van der Waals surface area contributed by atoms with Crippen molar-refractivity contribution in [3.63, 3.8) is 0 Å². The van der Waals surface area contributed by atoms with Crippen LogP contribution in [0.2, 0.25) is 0 Å². The zero-order valence-electron chi connectivity index (χ0n) is 11.8. The van der Waals surface area contributed by atoms with Crippen LogP contribution in [0, 0.1) is 6.92 Å². The van der Waals surface area contributed by atoms with Gasteiger partial charge in [0.15, 0.2) is 0 Å². The Bertz CT molecular complexity index is 683. The second-order valence-corrected chi connectivity index (χ2v) is 7.86. The number of carboxylic acid groups (broad SMARTS) is 1. The van der Waals surface area contributed by atoms with Crippen molar-refractivity contribution in [3.8, 4) is 5.75 Å². The molecule has 0 saturated heterocycles. The highest BCUT2D eigenvalue weighted by molar-refractivity contribution is 7.89. The lowest BCUT2D eigenvalue weighted by Gasteiger charge is -2.15. The van der Waals surface area contributed by atoms with Gasteiger partial charge in [-0.1, -0.05) is 0 Å². The number of aromatic hydroxyl groups is 1. The van der Waals surface area contributed by atoms with Crippen LogP contribution in [0.4, 0.5) is 0 Å². The Labute approximate surface area is 125 Å². The molecular weight excluding hydrogens is 318 g/mol. The number of phenols is 1. The molecule has 0 saturated carbocycles. The monoisotopic (exact) mass is 335 g/mol. The van der Waals surface area contributed by atoms with Gasteiger partial charge in [-0.05, 0) is 31.5 Å². The summed E-state index contributed by atoms with van der Waals surface area (Å²) >= 11 is 0. The quantitative estimate of drug-likeness (QED) is 0.694. The van der Waals surface area contributed by atoms with Crippen LogP contribution in [0.15, 0.2) is 17.0 Å². The lowest BCUT2D eigenvalue weighted by atomic mass is 10.1. The van der Waals surface area contributed by atoms with E-state index in [9.17, 15) is 22.5 Å². The Morgan fingerprint density at radius 1 is 1.43 bits per heavy atom. The van der Waals surface area contributed by atoms with Crippen molar-refractivity contribution in [2.45, 2.75) is 24.8 Å². The van der Waals surface area contributed by atoms with Gasteiger partial charge in [-0.2, -0.15) is 0 Å². The number of hydrogen-bond acceptors (Lipinski definition) is 5. The number of aryl methyl sites for hydroxylation is 1. The number of benzene rings is 1. The summed E-state index contributed by atoms with van der Waals surface area (Å²) < 4.78 is 37.9. The molecule has 2 unspecified atom stereocenters. The average molecular weight is 335 g/mol. The first-order valence-corrected chi connectivity index (χ1v) is 9.15. The van der Waals surface area contributed by atoms with Crippen LogP contribution in [0.1, 0.15) is 22.8 Å². The second kappa shape index (κ2) is 6.54. The zero-order valence-corrected chi connectivity index (χ0v) is 13.4. The maximum Gasteiger partial charge on any atom is 0.339 e. The van der Waals surface area contributed by atoms with E-state index in [0.29, 0.717) is 0 Å². The third-order valence-electron chi connectivity index (χ3n) is 2.65. The number of carbonyl (C=O) groups is 1. The number of sulfonamides is 1. The minimum absolute atomic E-state index is 0.141. The van der Waals surface area contributed by atoms with E-state index in [2.05, 4.69) is 4.72 Å². The van der Waals surface area contributed by atoms with Crippen molar-refractivity contribution in [1.82, 2.24) is 4.72 Å². The summed E-state index contributed by atoms with van der Waals surface area (Å²) in [6, 6.07) is 1.42. The highest BCUT2D eigenvalue weighted by Gasteiger charge is 2.23. The fraction of sp³-hybridized carbons (Fsp3) is 0.417. The Morgan fingerprint density at radius 3 is 2.48 bits per heavy atom. The summed E-state index contributed by atoms with van der Waals surface area (Å²) in [6.07, 6.45) is 1.46. The summed E-state index contributed by atoms with van der Waals surface area (Å²) in [6.45, 7) is 3.01. The van der Waals surface area contributed by atoms with Gasteiger partial charge in [-0.3, -0.25) is 4.21 Å². The standard InChI is InChI=1S/C12H17NO6S2/c1-7-4-10(14)9(12(15)16)5-11(7)21(18,19)13-8(2)6-20(3)17/h4-5,8,13-14H,6H2,1-3H3,(H,15,16).